The highest BCUT2D eigenvalue weighted by molar-refractivity contribution is 6.14. The molecule has 3 aromatic heterocycles. The summed E-state index contributed by atoms with van der Waals surface area (Å²) in [7, 11) is 0. The highest BCUT2D eigenvalue weighted by Crippen LogP contribution is 2.42. The zero-order valence-corrected chi connectivity index (χ0v) is 31.4. The molecule has 0 aliphatic rings. The molecule has 12 rings (SSSR count). The van der Waals surface area contributed by atoms with Crippen LogP contribution >= 0.6 is 0 Å². The fraction of sp³-hybridized carbons (Fsp3) is 0. The Morgan fingerprint density at radius 2 is 0.828 bits per heavy atom. The summed E-state index contributed by atoms with van der Waals surface area (Å²) in [6.45, 7) is 0. The maximum atomic E-state index is 5.62. The van der Waals surface area contributed by atoms with E-state index in [4.69, 9.17) is 9.97 Å². The molecule has 0 unspecified atom stereocenters. The smallest absolute Gasteiger partial charge is 0.165 e. The Bertz CT molecular complexity index is 3550. The standard InChI is InChI=1S/C54H34N4/c1-4-16-35(17-5-1)44-33-48-47(34-45(44)39-28-29-43-41-24-12-14-26-49(41)57(51(43)32-39)40-22-8-3-9-23-40)55-53(36-18-6-2-7-19-36)54(56-48)58-50-27-15-13-25-42(50)46-30-37-20-10-11-21-38(37)31-52(46)58/h1-34H. The van der Waals surface area contributed by atoms with Crippen molar-refractivity contribution in [3.8, 4) is 45.0 Å². The van der Waals surface area contributed by atoms with Crippen LogP contribution in [0, 0.1) is 0 Å². The third-order valence-electron chi connectivity index (χ3n) is 11.7. The lowest BCUT2D eigenvalue weighted by molar-refractivity contribution is 1.08. The molecule has 3 heterocycles. The molecule has 0 bridgehead atoms. The first-order valence-corrected chi connectivity index (χ1v) is 19.7. The first-order valence-electron chi connectivity index (χ1n) is 19.7. The zero-order valence-electron chi connectivity index (χ0n) is 31.4. The van der Waals surface area contributed by atoms with Crippen molar-refractivity contribution in [1.29, 1.82) is 0 Å². The molecule has 4 nitrogen and oxygen atoms in total. The molecule has 0 saturated carbocycles. The average Bonchev–Trinajstić information content (AvgIpc) is 3.80. The fourth-order valence-electron chi connectivity index (χ4n) is 9.01. The summed E-state index contributed by atoms with van der Waals surface area (Å²) >= 11 is 0. The van der Waals surface area contributed by atoms with Gasteiger partial charge in [0.25, 0.3) is 0 Å². The lowest BCUT2D eigenvalue weighted by atomic mass is 9.93. The predicted octanol–water partition coefficient (Wildman–Crippen LogP) is 14.0. The molecule has 0 fully saturated rings. The van der Waals surface area contributed by atoms with E-state index in [0.29, 0.717) is 0 Å². The highest BCUT2D eigenvalue weighted by atomic mass is 15.1. The Balaban J connectivity index is 1.16. The van der Waals surface area contributed by atoms with E-state index in [1.807, 2.05) is 0 Å². The summed E-state index contributed by atoms with van der Waals surface area (Å²) < 4.78 is 4.70. The predicted molar refractivity (Wildman–Crippen MR) is 242 cm³/mol. The van der Waals surface area contributed by atoms with Crippen molar-refractivity contribution < 1.29 is 0 Å². The fourth-order valence-corrected chi connectivity index (χ4v) is 9.01. The summed E-state index contributed by atoms with van der Waals surface area (Å²) in [5.41, 5.74) is 13.7. The Hall–Kier alpha value is -7.82. The topological polar surface area (TPSA) is 35.6 Å². The lowest BCUT2D eigenvalue weighted by Crippen LogP contribution is -2.04. The van der Waals surface area contributed by atoms with Gasteiger partial charge in [-0.2, -0.15) is 0 Å². The van der Waals surface area contributed by atoms with E-state index in [0.717, 1.165) is 72.6 Å². The minimum Gasteiger partial charge on any atom is -0.309 e. The average molecular weight is 739 g/mol. The van der Waals surface area contributed by atoms with E-state index in [1.165, 1.54) is 37.8 Å². The Morgan fingerprint density at radius 1 is 0.310 bits per heavy atom. The number of hydrogen-bond donors (Lipinski definition) is 0. The summed E-state index contributed by atoms with van der Waals surface area (Å²) in [5, 5.41) is 7.24. The van der Waals surface area contributed by atoms with E-state index in [1.54, 1.807) is 0 Å². The van der Waals surface area contributed by atoms with Crippen LogP contribution in [0.3, 0.4) is 0 Å². The number of benzene rings is 9. The summed E-state index contributed by atoms with van der Waals surface area (Å²) in [5.74, 6) is 0.806. The molecule has 4 heteroatoms. The molecule has 270 valence electrons. The van der Waals surface area contributed by atoms with E-state index in [-0.39, 0.29) is 0 Å². The number of nitrogens with zero attached hydrogens (tertiary/aromatic N) is 4. The van der Waals surface area contributed by atoms with Crippen LogP contribution in [0.25, 0.3) is 110 Å². The van der Waals surface area contributed by atoms with E-state index < -0.39 is 0 Å². The van der Waals surface area contributed by atoms with Gasteiger partial charge in [0.15, 0.2) is 5.82 Å². The quantitative estimate of drug-likeness (QED) is 0.176. The SMILES string of the molecule is c1ccc(-c2cc3nc(-n4c5ccccc5c5cc6ccccc6cc54)c(-c4ccccc4)nc3cc2-c2ccc3c4ccccc4n(-c4ccccc4)c3c2)cc1. The summed E-state index contributed by atoms with van der Waals surface area (Å²) in [6.07, 6.45) is 0. The van der Waals surface area contributed by atoms with Crippen LogP contribution in [0.4, 0.5) is 0 Å². The van der Waals surface area contributed by atoms with E-state index >= 15 is 0 Å². The number of aromatic nitrogens is 4. The van der Waals surface area contributed by atoms with Crippen LogP contribution in [-0.4, -0.2) is 19.1 Å². The van der Waals surface area contributed by atoms with Gasteiger partial charge >= 0.3 is 0 Å². The minimum atomic E-state index is 0.806. The molecule has 0 amide bonds. The molecule has 0 aliphatic carbocycles. The van der Waals surface area contributed by atoms with E-state index in [9.17, 15) is 0 Å². The van der Waals surface area contributed by atoms with Gasteiger partial charge in [-0.25, -0.2) is 9.97 Å². The lowest BCUT2D eigenvalue weighted by Gasteiger charge is -2.17. The van der Waals surface area contributed by atoms with Gasteiger partial charge in [0.2, 0.25) is 0 Å². The number of rotatable bonds is 5. The van der Waals surface area contributed by atoms with Crippen molar-refractivity contribution in [3.63, 3.8) is 0 Å². The normalized spacial score (nSPS) is 11.8. The largest absolute Gasteiger partial charge is 0.309 e. The molecule has 12 aromatic rings. The second kappa shape index (κ2) is 12.9. The third-order valence-corrected chi connectivity index (χ3v) is 11.7. The minimum absolute atomic E-state index is 0.806. The van der Waals surface area contributed by atoms with Crippen molar-refractivity contribution in [3.05, 3.63) is 206 Å². The Morgan fingerprint density at radius 3 is 1.55 bits per heavy atom. The second-order valence-electron chi connectivity index (χ2n) is 15.0. The van der Waals surface area contributed by atoms with Gasteiger partial charge in [0, 0.05) is 32.8 Å². The maximum Gasteiger partial charge on any atom is 0.165 e. The summed E-state index contributed by atoms with van der Waals surface area (Å²) in [6, 6.07) is 73.7. The second-order valence-corrected chi connectivity index (χ2v) is 15.0. The van der Waals surface area contributed by atoms with Crippen LogP contribution in [0.15, 0.2) is 206 Å². The van der Waals surface area contributed by atoms with Crippen molar-refractivity contribution in [2.45, 2.75) is 0 Å². The van der Waals surface area contributed by atoms with Crippen molar-refractivity contribution in [1.82, 2.24) is 19.1 Å². The third kappa shape index (κ3) is 5.02. The van der Waals surface area contributed by atoms with Gasteiger partial charge in [-0.1, -0.05) is 152 Å². The number of hydrogen-bond acceptors (Lipinski definition) is 2. The van der Waals surface area contributed by atoms with Crippen LogP contribution in [0.5, 0.6) is 0 Å². The van der Waals surface area contributed by atoms with Gasteiger partial charge in [0.05, 0.1) is 33.1 Å². The van der Waals surface area contributed by atoms with Gasteiger partial charge in [-0.3, -0.25) is 4.57 Å². The number of para-hydroxylation sites is 3. The highest BCUT2D eigenvalue weighted by Gasteiger charge is 2.22. The number of fused-ring (bicyclic) bond motifs is 8. The molecule has 0 atom stereocenters. The Kier molecular flexibility index (Phi) is 7.20. The molecule has 0 N–H and O–H groups in total. The van der Waals surface area contributed by atoms with Gasteiger partial charge < -0.3 is 4.57 Å². The molecule has 9 aromatic carbocycles. The van der Waals surface area contributed by atoms with Crippen LogP contribution < -0.4 is 0 Å². The van der Waals surface area contributed by atoms with Gasteiger partial charge in [-0.15, -0.1) is 0 Å². The Labute approximate surface area is 334 Å². The van der Waals surface area contributed by atoms with Crippen LogP contribution in [0.1, 0.15) is 0 Å². The first kappa shape index (κ1) is 32.4. The molecule has 0 spiro atoms. The maximum absolute atomic E-state index is 5.62. The van der Waals surface area contributed by atoms with Gasteiger partial charge in [-0.05, 0) is 87.6 Å². The summed E-state index contributed by atoms with van der Waals surface area (Å²) in [4.78, 5) is 11.2. The first-order chi connectivity index (χ1) is 28.8. The molecule has 0 saturated heterocycles. The molecule has 0 aliphatic heterocycles. The molecular formula is C54H34N4. The molecule has 0 radical (unpaired) electrons. The van der Waals surface area contributed by atoms with Crippen molar-refractivity contribution in [2.75, 3.05) is 0 Å². The zero-order chi connectivity index (χ0) is 38.2. The van der Waals surface area contributed by atoms with Gasteiger partial charge in [0.1, 0.15) is 5.69 Å². The monoisotopic (exact) mass is 738 g/mol. The van der Waals surface area contributed by atoms with Crippen molar-refractivity contribution in [2.24, 2.45) is 0 Å². The molecule has 58 heavy (non-hydrogen) atoms. The van der Waals surface area contributed by atoms with Crippen LogP contribution in [-0.2, 0) is 0 Å². The van der Waals surface area contributed by atoms with Crippen LogP contribution in [0.2, 0.25) is 0 Å². The van der Waals surface area contributed by atoms with E-state index in [2.05, 4.69) is 215 Å². The molecular weight excluding hydrogens is 705 g/mol. The van der Waals surface area contributed by atoms with Crippen molar-refractivity contribution >= 4 is 65.4 Å².